The number of benzene rings is 1. The Hall–Kier alpha value is -2.25. The molecule has 3 rings (SSSR count). The van der Waals surface area contributed by atoms with Crippen LogP contribution in [0.1, 0.15) is 41.7 Å². The number of carbonyl (C=O) groups excluding carboxylic acids is 2. The average molecular weight is 411 g/mol. The first-order valence-corrected chi connectivity index (χ1v) is 9.49. The van der Waals surface area contributed by atoms with Crippen LogP contribution in [0.15, 0.2) is 24.4 Å². The molecule has 144 valence electrons. The zero-order valence-electron chi connectivity index (χ0n) is 14.8. The van der Waals surface area contributed by atoms with Gasteiger partial charge in [0.05, 0.1) is 34.8 Å². The molecule has 0 atom stereocenters. The summed E-state index contributed by atoms with van der Waals surface area (Å²) in [5.41, 5.74) is 2.04. The third-order valence-corrected chi connectivity index (χ3v) is 4.65. The van der Waals surface area contributed by atoms with Gasteiger partial charge in [-0.15, -0.1) is 0 Å². The topological polar surface area (TPSA) is 85.2 Å². The Morgan fingerprint density at radius 2 is 2.00 bits per heavy atom. The van der Waals surface area contributed by atoms with E-state index in [9.17, 15) is 9.59 Å². The highest BCUT2D eigenvalue weighted by atomic mass is 35.5. The maximum atomic E-state index is 12.6. The molecule has 0 saturated heterocycles. The van der Waals surface area contributed by atoms with E-state index in [0.717, 1.165) is 18.5 Å². The summed E-state index contributed by atoms with van der Waals surface area (Å²) in [6, 6.07) is 5.17. The highest BCUT2D eigenvalue weighted by Gasteiger charge is 2.33. The molecule has 7 nitrogen and oxygen atoms in total. The minimum atomic E-state index is -0.504. The van der Waals surface area contributed by atoms with Gasteiger partial charge in [-0.2, -0.15) is 5.10 Å². The summed E-state index contributed by atoms with van der Waals surface area (Å²) in [4.78, 5) is 23.8. The molecule has 0 bridgehead atoms. The molecule has 1 heterocycles. The van der Waals surface area contributed by atoms with Gasteiger partial charge in [0.15, 0.2) is 0 Å². The van der Waals surface area contributed by atoms with Crippen LogP contribution in [0.3, 0.4) is 0 Å². The summed E-state index contributed by atoms with van der Waals surface area (Å²) in [5, 5.41) is 10.7. The predicted octanol–water partition coefficient (Wildman–Crippen LogP) is 3.53. The molecule has 1 fully saturated rings. The number of hydrogen-bond donors (Lipinski definition) is 2. The first-order chi connectivity index (χ1) is 13.0. The smallest absolute Gasteiger partial charge is 0.407 e. The van der Waals surface area contributed by atoms with Crippen LogP contribution in [-0.4, -0.2) is 41.5 Å². The number of halogens is 2. The monoisotopic (exact) mass is 410 g/mol. The third kappa shape index (κ3) is 4.73. The molecule has 1 aliphatic carbocycles. The van der Waals surface area contributed by atoms with E-state index in [1.807, 2.05) is 0 Å². The van der Waals surface area contributed by atoms with E-state index in [1.54, 1.807) is 36.0 Å². The van der Waals surface area contributed by atoms with Crippen LogP contribution >= 0.6 is 23.2 Å². The molecule has 0 radical (unpaired) electrons. The van der Waals surface area contributed by atoms with Crippen LogP contribution < -0.4 is 10.6 Å². The van der Waals surface area contributed by atoms with Crippen LogP contribution in [-0.2, 0) is 4.74 Å². The van der Waals surface area contributed by atoms with Crippen LogP contribution in [0, 0.1) is 0 Å². The Labute approximate surface area is 167 Å². The molecular formula is C18H20Cl2N4O3. The minimum Gasteiger partial charge on any atom is -0.450 e. The highest BCUT2D eigenvalue weighted by Crippen LogP contribution is 2.43. The van der Waals surface area contributed by atoms with Crippen molar-refractivity contribution in [2.75, 3.05) is 19.7 Å². The average Bonchev–Trinajstić information content (AvgIpc) is 3.37. The lowest BCUT2D eigenvalue weighted by molar-refractivity contribution is 0.0951. The van der Waals surface area contributed by atoms with Gasteiger partial charge in [0.1, 0.15) is 0 Å². The van der Waals surface area contributed by atoms with Crippen molar-refractivity contribution in [2.45, 2.75) is 25.7 Å². The fourth-order valence-corrected chi connectivity index (χ4v) is 3.23. The summed E-state index contributed by atoms with van der Waals surface area (Å²) in [5.74, 6) is 0.0385. The fourth-order valence-electron chi connectivity index (χ4n) is 2.75. The van der Waals surface area contributed by atoms with Crippen molar-refractivity contribution in [2.24, 2.45) is 0 Å². The second-order valence-electron chi connectivity index (χ2n) is 6.13. The van der Waals surface area contributed by atoms with Crippen LogP contribution in [0.2, 0.25) is 10.0 Å². The summed E-state index contributed by atoms with van der Waals surface area (Å²) in [6.45, 7) is 2.59. The van der Waals surface area contributed by atoms with E-state index in [0.29, 0.717) is 27.9 Å². The van der Waals surface area contributed by atoms with Crippen molar-refractivity contribution in [3.8, 4) is 5.69 Å². The molecule has 0 spiro atoms. The Morgan fingerprint density at radius 3 is 2.67 bits per heavy atom. The molecule has 2 N–H and O–H groups in total. The van der Waals surface area contributed by atoms with Crippen LogP contribution in [0.25, 0.3) is 5.69 Å². The number of nitrogens with one attached hydrogen (secondary N) is 2. The van der Waals surface area contributed by atoms with Crippen molar-refractivity contribution in [3.05, 3.63) is 45.7 Å². The van der Waals surface area contributed by atoms with Crippen molar-refractivity contribution in [1.82, 2.24) is 20.4 Å². The van der Waals surface area contributed by atoms with Gasteiger partial charge in [-0.25, -0.2) is 9.48 Å². The van der Waals surface area contributed by atoms with Gasteiger partial charge in [0.25, 0.3) is 5.91 Å². The van der Waals surface area contributed by atoms with Crippen molar-refractivity contribution >= 4 is 35.2 Å². The van der Waals surface area contributed by atoms with E-state index in [4.69, 9.17) is 27.9 Å². The van der Waals surface area contributed by atoms with Crippen molar-refractivity contribution in [3.63, 3.8) is 0 Å². The first-order valence-electron chi connectivity index (χ1n) is 8.73. The van der Waals surface area contributed by atoms with Gasteiger partial charge in [-0.1, -0.05) is 23.2 Å². The first kappa shape index (κ1) is 19.5. The molecule has 0 unspecified atom stereocenters. The van der Waals surface area contributed by atoms with Gasteiger partial charge >= 0.3 is 6.09 Å². The van der Waals surface area contributed by atoms with Gasteiger partial charge < -0.3 is 15.4 Å². The molecule has 2 amide bonds. The zero-order valence-corrected chi connectivity index (χ0v) is 16.3. The van der Waals surface area contributed by atoms with E-state index < -0.39 is 6.09 Å². The number of nitrogens with zero attached hydrogens (tertiary/aromatic N) is 2. The van der Waals surface area contributed by atoms with Gasteiger partial charge in [-0.3, -0.25) is 4.79 Å². The minimum absolute atomic E-state index is 0.237. The quantitative estimate of drug-likeness (QED) is 0.683. The standard InChI is InChI=1S/C18H20Cl2N4O3/c1-2-27-18(26)22-8-7-21-17(25)13-10-23-24(16(13)11-3-4-11)15-6-5-12(19)9-14(15)20/h5-6,9-11H,2-4,7-8H2,1H3,(H,21,25)(H,22,26). The predicted molar refractivity (Wildman–Crippen MR) is 103 cm³/mol. The van der Waals surface area contributed by atoms with Gasteiger partial charge in [0, 0.05) is 24.0 Å². The second-order valence-corrected chi connectivity index (χ2v) is 6.97. The second kappa shape index (κ2) is 8.63. The molecule has 2 aromatic rings. The number of ether oxygens (including phenoxy) is 1. The van der Waals surface area contributed by atoms with Crippen LogP contribution in [0.5, 0.6) is 0 Å². The van der Waals surface area contributed by atoms with Crippen LogP contribution in [0.4, 0.5) is 4.79 Å². The number of alkyl carbamates (subject to hydrolysis) is 1. The molecule has 9 heteroatoms. The largest absolute Gasteiger partial charge is 0.450 e. The number of amides is 2. The Kier molecular flexibility index (Phi) is 6.23. The SMILES string of the molecule is CCOC(=O)NCCNC(=O)c1cnn(-c2ccc(Cl)cc2Cl)c1C1CC1. The van der Waals surface area contributed by atoms with Crippen molar-refractivity contribution < 1.29 is 14.3 Å². The van der Waals surface area contributed by atoms with E-state index in [1.165, 1.54) is 0 Å². The number of aromatic nitrogens is 2. The maximum absolute atomic E-state index is 12.6. The molecule has 1 aliphatic rings. The Balaban J connectivity index is 1.72. The normalized spacial score (nSPS) is 13.3. The number of carbonyl (C=O) groups is 2. The molecule has 1 aromatic heterocycles. The maximum Gasteiger partial charge on any atom is 0.407 e. The molecule has 27 heavy (non-hydrogen) atoms. The van der Waals surface area contributed by atoms with E-state index >= 15 is 0 Å². The third-order valence-electron chi connectivity index (χ3n) is 4.11. The van der Waals surface area contributed by atoms with E-state index in [2.05, 4.69) is 15.7 Å². The molecule has 0 aliphatic heterocycles. The fraction of sp³-hybridized carbons (Fsp3) is 0.389. The molecular weight excluding hydrogens is 391 g/mol. The van der Waals surface area contributed by atoms with Gasteiger partial charge in [-0.05, 0) is 38.0 Å². The van der Waals surface area contributed by atoms with Crippen molar-refractivity contribution in [1.29, 1.82) is 0 Å². The summed E-state index contributed by atoms with van der Waals surface area (Å²) >= 11 is 12.3. The highest BCUT2D eigenvalue weighted by molar-refractivity contribution is 6.35. The summed E-state index contributed by atoms with van der Waals surface area (Å²) < 4.78 is 6.48. The van der Waals surface area contributed by atoms with E-state index in [-0.39, 0.29) is 24.9 Å². The van der Waals surface area contributed by atoms with Gasteiger partial charge in [0.2, 0.25) is 0 Å². The molecule has 1 aromatic carbocycles. The lowest BCUT2D eigenvalue weighted by Gasteiger charge is -2.11. The lowest BCUT2D eigenvalue weighted by atomic mass is 10.1. The number of hydrogen-bond acceptors (Lipinski definition) is 4. The lowest BCUT2D eigenvalue weighted by Crippen LogP contribution is -2.35. The Bertz CT molecular complexity index is 849. The summed E-state index contributed by atoms with van der Waals surface area (Å²) in [7, 11) is 0. The Morgan fingerprint density at radius 1 is 1.26 bits per heavy atom. The summed E-state index contributed by atoms with van der Waals surface area (Å²) in [6.07, 6.45) is 3.05. The zero-order chi connectivity index (χ0) is 19.4. The number of rotatable bonds is 7. The molecule has 1 saturated carbocycles.